The third kappa shape index (κ3) is 5.24. The van der Waals surface area contributed by atoms with Crippen molar-refractivity contribution in [2.75, 3.05) is 13.1 Å². The maximum Gasteiger partial charge on any atom is 0.125 e. The molecule has 0 amide bonds. The average Bonchev–Trinajstić information content (AvgIpc) is 2.37. The molecule has 1 heterocycles. The molecule has 1 saturated heterocycles. The number of hydrogen-bond donors (Lipinski definition) is 1. The highest BCUT2D eigenvalue weighted by atomic mass is 35.5. The molecule has 1 N–H and O–H groups in total. The van der Waals surface area contributed by atoms with Crippen LogP contribution >= 0.6 is 11.6 Å². The van der Waals surface area contributed by atoms with E-state index in [9.17, 15) is 9.50 Å². The van der Waals surface area contributed by atoms with Crippen LogP contribution in [0.25, 0.3) is 0 Å². The fraction of sp³-hybridized carbons (Fsp3) is 0.647. The Hall–Kier alpha value is -0.640. The fourth-order valence-corrected chi connectivity index (χ4v) is 3.38. The summed E-state index contributed by atoms with van der Waals surface area (Å²) in [7, 11) is 0. The highest BCUT2D eigenvalue weighted by Crippen LogP contribution is 2.26. The Balaban J connectivity index is 1.84. The minimum Gasteiger partial charge on any atom is -0.393 e. The number of aliphatic hydroxyl groups excluding tert-OH is 1. The molecule has 0 radical (unpaired) electrons. The maximum absolute atomic E-state index is 13.3. The first-order valence-electron chi connectivity index (χ1n) is 7.79. The van der Waals surface area contributed by atoms with Crippen molar-refractivity contribution in [1.29, 1.82) is 0 Å². The van der Waals surface area contributed by atoms with Gasteiger partial charge in [0.2, 0.25) is 0 Å². The lowest BCUT2D eigenvalue weighted by Gasteiger charge is -2.34. The standard InChI is InChI=1S/C17H25ClFNO/c1-12(2)7-17(21)14-3-5-20(6-4-14)11-13-8-15(18)10-16(19)9-13/h8-10,12,14,17,21H,3-7,11H2,1-2H3. The Morgan fingerprint density at radius 3 is 2.52 bits per heavy atom. The Morgan fingerprint density at radius 1 is 1.29 bits per heavy atom. The van der Waals surface area contributed by atoms with Gasteiger partial charge in [0.05, 0.1) is 6.10 Å². The predicted molar refractivity (Wildman–Crippen MR) is 84.9 cm³/mol. The molecular formula is C17H25ClFNO. The molecule has 2 rings (SSSR count). The second-order valence-electron chi connectivity index (χ2n) is 6.59. The molecule has 1 fully saturated rings. The first-order chi connectivity index (χ1) is 9.94. The summed E-state index contributed by atoms with van der Waals surface area (Å²) in [4.78, 5) is 2.31. The van der Waals surface area contributed by atoms with E-state index in [-0.39, 0.29) is 11.9 Å². The number of likely N-dealkylation sites (tertiary alicyclic amines) is 1. The predicted octanol–water partition coefficient (Wildman–Crippen LogP) is 4.10. The number of halogens is 2. The van der Waals surface area contributed by atoms with Crippen LogP contribution < -0.4 is 0 Å². The molecule has 0 bridgehead atoms. The van der Waals surface area contributed by atoms with Gasteiger partial charge in [-0.15, -0.1) is 0 Å². The van der Waals surface area contributed by atoms with E-state index in [0.717, 1.165) is 44.5 Å². The maximum atomic E-state index is 13.3. The minimum absolute atomic E-state index is 0.184. The van der Waals surface area contributed by atoms with Crippen LogP contribution in [0, 0.1) is 17.7 Å². The largest absolute Gasteiger partial charge is 0.393 e. The molecule has 0 aliphatic carbocycles. The number of rotatable bonds is 5. The van der Waals surface area contributed by atoms with Gasteiger partial charge in [-0.3, -0.25) is 4.90 Å². The van der Waals surface area contributed by atoms with Crippen molar-refractivity contribution in [3.8, 4) is 0 Å². The molecule has 21 heavy (non-hydrogen) atoms. The van der Waals surface area contributed by atoms with Crippen molar-refractivity contribution >= 4 is 11.6 Å². The van der Waals surface area contributed by atoms with Gasteiger partial charge in [-0.2, -0.15) is 0 Å². The molecule has 0 saturated carbocycles. The van der Waals surface area contributed by atoms with Gasteiger partial charge in [0.25, 0.3) is 0 Å². The van der Waals surface area contributed by atoms with Crippen LogP contribution in [0.1, 0.15) is 38.7 Å². The summed E-state index contributed by atoms with van der Waals surface area (Å²) in [5.74, 6) is 0.659. The van der Waals surface area contributed by atoms with Crippen LogP contribution in [0.15, 0.2) is 18.2 Å². The molecule has 1 aromatic carbocycles. The van der Waals surface area contributed by atoms with Crippen LogP contribution in [0.4, 0.5) is 4.39 Å². The second kappa shape index (κ2) is 7.57. The number of aliphatic hydroxyl groups is 1. The molecular weight excluding hydrogens is 289 g/mol. The van der Waals surface area contributed by atoms with Gasteiger partial charge in [0, 0.05) is 11.6 Å². The van der Waals surface area contributed by atoms with Crippen LogP contribution in [-0.4, -0.2) is 29.2 Å². The highest BCUT2D eigenvalue weighted by molar-refractivity contribution is 6.30. The molecule has 1 aromatic rings. The summed E-state index contributed by atoms with van der Waals surface area (Å²) < 4.78 is 13.3. The van der Waals surface area contributed by atoms with Crippen molar-refractivity contribution in [1.82, 2.24) is 4.90 Å². The summed E-state index contributed by atoms with van der Waals surface area (Å²) in [6.07, 6.45) is 2.72. The molecule has 2 nitrogen and oxygen atoms in total. The zero-order chi connectivity index (χ0) is 15.4. The van der Waals surface area contributed by atoms with Crippen molar-refractivity contribution in [3.05, 3.63) is 34.6 Å². The second-order valence-corrected chi connectivity index (χ2v) is 7.02. The Kier molecular flexibility index (Phi) is 6.03. The van der Waals surface area contributed by atoms with Gasteiger partial charge < -0.3 is 5.11 Å². The summed E-state index contributed by atoms with van der Waals surface area (Å²) in [6.45, 7) is 6.92. The van der Waals surface area contributed by atoms with Gasteiger partial charge in [0.15, 0.2) is 0 Å². The van der Waals surface area contributed by atoms with Gasteiger partial charge in [-0.05, 0) is 68.0 Å². The zero-order valence-electron chi connectivity index (χ0n) is 12.9. The quantitative estimate of drug-likeness (QED) is 0.884. The molecule has 1 aliphatic rings. The van der Waals surface area contributed by atoms with E-state index < -0.39 is 0 Å². The van der Waals surface area contributed by atoms with Crippen molar-refractivity contribution in [2.45, 2.75) is 45.8 Å². The highest BCUT2D eigenvalue weighted by Gasteiger charge is 2.25. The molecule has 0 aromatic heterocycles. The molecule has 1 unspecified atom stereocenters. The first kappa shape index (κ1) is 16.7. The number of benzene rings is 1. The average molecular weight is 314 g/mol. The van der Waals surface area contributed by atoms with E-state index in [1.54, 1.807) is 6.07 Å². The third-order valence-electron chi connectivity index (χ3n) is 4.22. The minimum atomic E-state index is -0.278. The van der Waals surface area contributed by atoms with Crippen LogP contribution in [-0.2, 0) is 6.54 Å². The zero-order valence-corrected chi connectivity index (χ0v) is 13.6. The number of piperidine rings is 1. The molecule has 1 atom stereocenters. The van der Waals surface area contributed by atoms with Crippen LogP contribution in [0.3, 0.4) is 0 Å². The van der Waals surface area contributed by atoms with E-state index in [1.807, 2.05) is 6.07 Å². The van der Waals surface area contributed by atoms with Gasteiger partial charge in [0.1, 0.15) is 5.82 Å². The summed E-state index contributed by atoms with van der Waals surface area (Å²) in [5, 5.41) is 10.7. The Labute approximate surface area is 131 Å². The molecule has 4 heteroatoms. The van der Waals surface area contributed by atoms with E-state index in [1.165, 1.54) is 6.07 Å². The summed E-state index contributed by atoms with van der Waals surface area (Å²) >= 11 is 5.89. The normalized spacial score (nSPS) is 19.1. The lowest BCUT2D eigenvalue weighted by atomic mass is 9.87. The van der Waals surface area contributed by atoms with Crippen molar-refractivity contribution in [3.63, 3.8) is 0 Å². The lowest BCUT2D eigenvalue weighted by Crippen LogP contribution is -2.37. The fourth-order valence-electron chi connectivity index (χ4n) is 3.13. The van der Waals surface area contributed by atoms with Gasteiger partial charge >= 0.3 is 0 Å². The van der Waals surface area contributed by atoms with Crippen LogP contribution in [0.5, 0.6) is 0 Å². The van der Waals surface area contributed by atoms with E-state index in [0.29, 0.717) is 16.9 Å². The Morgan fingerprint density at radius 2 is 1.95 bits per heavy atom. The summed E-state index contributed by atoms with van der Waals surface area (Å²) in [6, 6.07) is 4.70. The lowest BCUT2D eigenvalue weighted by molar-refractivity contribution is 0.0436. The van der Waals surface area contributed by atoms with E-state index >= 15 is 0 Å². The Bertz CT molecular complexity index is 438. The number of hydrogen-bond acceptors (Lipinski definition) is 2. The van der Waals surface area contributed by atoms with Gasteiger partial charge in [-0.1, -0.05) is 25.4 Å². The molecule has 0 spiro atoms. The van der Waals surface area contributed by atoms with Crippen molar-refractivity contribution < 1.29 is 9.50 Å². The molecule has 1 aliphatic heterocycles. The number of nitrogens with zero attached hydrogens (tertiary/aromatic N) is 1. The first-order valence-corrected chi connectivity index (χ1v) is 8.17. The van der Waals surface area contributed by atoms with E-state index in [2.05, 4.69) is 18.7 Å². The smallest absolute Gasteiger partial charge is 0.125 e. The van der Waals surface area contributed by atoms with Crippen LogP contribution in [0.2, 0.25) is 5.02 Å². The van der Waals surface area contributed by atoms with Gasteiger partial charge in [-0.25, -0.2) is 4.39 Å². The monoisotopic (exact) mass is 313 g/mol. The summed E-state index contributed by atoms with van der Waals surface area (Å²) in [5.41, 5.74) is 0.918. The third-order valence-corrected chi connectivity index (χ3v) is 4.44. The SMILES string of the molecule is CC(C)CC(O)C1CCN(Cc2cc(F)cc(Cl)c2)CC1. The molecule has 118 valence electrons. The van der Waals surface area contributed by atoms with Crippen molar-refractivity contribution in [2.24, 2.45) is 11.8 Å². The van der Waals surface area contributed by atoms with E-state index in [4.69, 9.17) is 11.6 Å². The topological polar surface area (TPSA) is 23.5 Å².